The summed E-state index contributed by atoms with van der Waals surface area (Å²) in [5.41, 5.74) is 2.23. The predicted octanol–water partition coefficient (Wildman–Crippen LogP) is 3.65. The molecule has 3 heteroatoms. The van der Waals surface area contributed by atoms with Crippen LogP contribution in [0.4, 0.5) is 0 Å². The van der Waals surface area contributed by atoms with Crippen molar-refractivity contribution < 1.29 is 0 Å². The summed E-state index contributed by atoms with van der Waals surface area (Å²) in [6.45, 7) is 6.11. The van der Waals surface area contributed by atoms with Crippen LogP contribution in [0.3, 0.4) is 0 Å². The number of benzene rings is 1. The van der Waals surface area contributed by atoms with Gasteiger partial charge in [0, 0.05) is 11.8 Å². The molecule has 15 heavy (non-hydrogen) atoms. The van der Waals surface area contributed by atoms with Crippen LogP contribution in [0.5, 0.6) is 0 Å². The maximum absolute atomic E-state index is 4.43. The quantitative estimate of drug-likeness (QED) is 0.706. The van der Waals surface area contributed by atoms with Gasteiger partial charge in [-0.25, -0.2) is 0 Å². The van der Waals surface area contributed by atoms with Gasteiger partial charge in [-0.2, -0.15) is 5.10 Å². The molecule has 0 fully saturated rings. The van der Waals surface area contributed by atoms with E-state index in [0.29, 0.717) is 8.73 Å². The Hall–Kier alpha value is -1.14. The molecule has 1 heterocycles. The molecule has 0 saturated heterocycles. The molecule has 1 aromatic carbocycles. The van der Waals surface area contributed by atoms with Gasteiger partial charge in [-0.3, -0.25) is 4.45 Å². The molecule has 1 unspecified atom stereocenters. The second-order valence-electron chi connectivity index (χ2n) is 2.74. The molecule has 0 spiro atoms. The van der Waals surface area contributed by atoms with Gasteiger partial charge >= 0.3 is 0 Å². The molecule has 80 valence electrons. The molecule has 2 aromatic rings. The lowest BCUT2D eigenvalue weighted by molar-refractivity contribution is 1.01. The third-order valence-corrected chi connectivity index (χ3v) is 2.60. The van der Waals surface area contributed by atoms with Gasteiger partial charge in [-0.15, -0.1) is 0 Å². The molecule has 2 rings (SSSR count). The summed E-state index contributed by atoms with van der Waals surface area (Å²) in [6.07, 6.45) is 2.01. The highest BCUT2D eigenvalue weighted by Crippen LogP contribution is 2.18. The third kappa shape index (κ3) is 3.17. The lowest BCUT2D eigenvalue weighted by atomic mass is 10.2. The van der Waals surface area contributed by atoms with E-state index >= 15 is 0 Å². The first-order chi connectivity index (χ1) is 7.40. The smallest absolute Gasteiger partial charge is 0.0926 e. The Morgan fingerprint density at radius 3 is 2.27 bits per heavy atom. The Morgan fingerprint density at radius 1 is 1.07 bits per heavy atom. The summed E-state index contributed by atoms with van der Waals surface area (Å²) in [4.78, 5) is 0. The van der Waals surface area contributed by atoms with Crippen molar-refractivity contribution in [2.45, 2.75) is 13.8 Å². The summed E-state index contributed by atoms with van der Waals surface area (Å²) in [5, 5.41) is 4.43. The molecular weight excluding hydrogens is 203 g/mol. The highest BCUT2D eigenvalue weighted by molar-refractivity contribution is 7.35. The number of hydrogen-bond donors (Lipinski definition) is 0. The van der Waals surface area contributed by atoms with Crippen molar-refractivity contribution in [1.29, 1.82) is 0 Å². The van der Waals surface area contributed by atoms with Gasteiger partial charge in [0.15, 0.2) is 0 Å². The zero-order chi connectivity index (χ0) is 11.1. The molecular formula is C12H17N2P. The summed E-state index contributed by atoms with van der Waals surface area (Å²) in [7, 11) is 0.701. The second-order valence-corrected chi connectivity index (χ2v) is 3.64. The number of nitrogens with zero attached hydrogens (tertiary/aromatic N) is 2. The van der Waals surface area contributed by atoms with E-state index in [1.54, 1.807) is 0 Å². The molecule has 0 aliphatic heterocycles. The van der Waals surface area contributed by atoms with Gasteiger partial charge in [-0.05, 0) is 21.5 Å². The first-order valence-corrected chi connectivity index (χ1v) is 6.64. The van der Waals surface area contributed by atoms with Crippen LogP contribution in [0, 0.1) is 0 Å². The normalized spacial score (nSPS) is 10.1. The maximum atomic E-state index is 4.43. The van der Waals surface area contributed by atoms with Gasteiger partial charge in [0.05, 0.1) is 5.69 Å². The zero-order valence-electron chi connectivity index (χ0n) is 9.44. The Bertz CT molecular complexity index is 382. The van der Waals surface area contributed by atoms with Gasteiger partial charge in [0.25, 0.3) is 0 Å². The van der Waals surface area contributed by atoms with Crippen molar-refractivity contribution in [3.63, 3.8) is 0 Å². The van der Waals surface area contributed by atoms with Gasteiger partial charge in [0.1, 0.15) is 0 Å². The Balaban J connectivity index is 0.000000531. The van der Waals surface area contributed by atoms with Crippen molar-refractivity contribution in [1.82, 2.24) is 9.55 Å². The van der Waals surface area contributed by atoms with Crippen molar-refractivity contribution >= 4 is 8.73 Å². The van der Waals surface area contributed by atoms with Crippen LogP contribution in [0.15, 0.2) is 42.6 Å². The molecule has 0 amide bonds. The molecule has 0 saturated carbocycles. The lowest BCUT2D eigenvalue weighted by Crippen LogP contribution is -1.83. The lowest BCUT2D eigenvalue weighted by Gasteiger charge is -1.95. The molecule has 0 N–H and O–H groups in total. The van der Waals surface area contributed by atoms with Crippen LogP contribution in [-0.2, 0) is 0 Å². The van der Waals surface area contributed by atoms with Gasteiger partial charge < -0.3 is 0 Å². The van der Waals surface area contributed by atoms with Crippen LogP contribution >= 0.6 is 8.73 Å². The van der Waals surface area contributed by atoms with Crippen molar-refractivity contribution in [2.75, 3.05) is 6.66 Å². The van der Waals surface area contributed by atoms with E-state index in [0.717, 1.165) is 5.69 Å². The molecule has 0 radical (unpaired) electrons. The molecule has 2 nitrogen and oxygen atoms in total. The predicted molar refractivity (Wildman–Crippen MR) is 68.6 cm³/mol. The van der Waals surface area contributed by atoms with Crippen LogP contribution < -0.4 is 0 Å². The van der Waals surface area contributed by atoms with Gasteiger partial charge in [-0.1, -0.05) is 44.2 Å². The van der Waals surface area contributed by atoms with Crippen LogP contribution in [0.2, 0.25) is 0 Å². The van der Waals surface area contributed by atoms with Crippen molar-refractivity contribution in [3.8, 4) is 11.3 Å². The molecule has 1 aromatic heterocycles. The van der Waals surface area contributed by atoms with E-state index in [-0.39, 0.29) is 0 Å². The largest absolute Gasteiger partial charge is 0.255 e. The summed E-state index contributed by atoms with van der Waals surface area (Å²) in [6, 6.07) is 12.3. The van der Waals surface area contributed by atoms with E-state index in [2.05, 4.69) is 23.9 Å². The molecule has 0 bridgehead atoms. The molecule has 0 aliphatic carbocycles. The van der Waals surface area contributed by atoms with Crippen LogP contribution in [0.25, 0.3) is 11.3 Å². The SMILES string of the molecule is CC.CPn1ccc(-c2ccccc2)n1. The molecule has 1 atom stereocenters. The Kier molecular flexibility index (Phi) is 5.06. The zero-order valence-corrected chi connectivity index (χ0v) is 10.4. The van der Waals surface area contributed by atoms with E-state index in [1.807, 2.05) is 48.8 Å². The fraction of sp³-hybridized carbons (Fsp3) is 0.250. The minimum absolute atomic E-state index is 0.701. The van der Waals surface area contributed by atoms with Crippen LogP contribution in [-0.4, -0.2) is 16.2 Å². The monoisotopic (exact) mass is 220 g/mol. The fourth-order valence-corrected chi connectivity index (χ4v) is 1.64. The fourth-order valence-electron chi connectivity index (χ4n) is 1.21. The van der Waals surface area contributed by atoms with E-state index in [9.17, 15) is 0 Å². The average Bonchev–Trinajstić information content (AvgIpc) is 2.81. The number of hydrogen-bond acceptors (Lipinski definition) is 1. The minimum atomic E-state index is 0.701. The van der Waals surface area contributed by atoms with Crippen LogP contribution in [0.1, 0.15) is 13.8 Å². The highest BCUT2D eigenvalue weighted by atomic mass is 31.1. The van der Waals surface area contributed by atoms with E-state index in [1.165, 1.54) is 5.56 Å². The van der Waals surface area contributed by atoms with Crippen molar-refractivity contribution in [2.24, 2.45) is 0 Å². The standard InChI is InChI=1S/C10H11N2P.C2H6/c1-13-12-8-7-10(11-12)9-5-3-2-4-6-9;1-2/h2-8,13H,1H3;1-2H3. The first kappa shape index (κ1) is 11.9. The first-order valence-electron chi connectivity index (χ1n) is 5.19. The topological polar surface area (TPSA) is 17.8 Å². The second kappa shape index (κ2) is 6.36. The minimum Gasteiger partial charge on any atom is -0.255 e. The summed E-state index contributed by atoms with van der Waals surface area (Å²) >= 11 is 0. The van der Waals surface area contributed by atoms with Crippen molar-refractivity contribution in [3.05, 3.63) is 42.6 Å². The number of rotatable bonds is 2. The number of aromatic nitrogens is 2. The Labute approximate surface area is 93.2 Å². The van der Waals surface area contributed by atoms with E-state index < -0.39 is 0 Å². The summed E-state index contributed by atoms with van der Waals surface area (Å²) in [5.74, 6) is 0. The molecule has 0 aliphatic rings. The average molecular weight is 220 g/mol. The third-order valence-electron chi connectivity index (χ3n) is 1.89. The van der Waals surface area contributed by atoms with Gasteiger partial charge in [0.2, 0.25) is 0 Å². The maximum Gasteiger partial charge on any atom is 0.0926 e. The Morgan fingerprint density at radius 2 is 1.73 bits per heavy atom. The van der Waals surface area contributed by atoms with E-state index in [4.69, 9.17) is 0 Å². The highest BCUT2D eigenvalue weighted by Gasteiger charge is 1.99. The summed E-state index contributed by atoms with van der Waals surface area (Å²) < 4.78 is 1.96.